The first-order valence-electron chi connectivity index (χ1n) is 7.77. The number of nitrogens with two attached hydrogens (primary N) is 1. The number of alkyl halides is 2. The van der Waals surface area contributed by atoms with Gasteiger partial charge in [0.25, 0.3) is 5.91 Å². The van der Waals surface area contributed by atoms with Crippen LogP contribution in [-0.2, 0) is 7.05 Å². The molecule has 0 unspecified atom stereocenters. The highest BCUT2D eigenvalue weighted by Crippen LogP contribution is 2.37. The van der Waals surface area contributed by atoms with Crippen molar-refractivity contribution in [3.63, 3.8) is 0 Å². The third kappa shape index (κ3) is 3.27. The van der Waals surface area contributed by atoms with E-state index in [0.717, 1.165) is 17.0 Å². The van der Waals surface area contributed by atoms with Crippen LogP contribution < -0.4 is 15.4 Å². The van der Waals surface area contributed by atoms with Crippen molar-refractivity contribution in [2.75, 3.05) is 11.9 Å². The molecule has 3 aromatic rings. The molecule has 0 aliphatic heterocycles. The van der Waals surface area contributed by atoms with Gasteiger partial charge in [0.1, 0.15) is 17.0 Å². The molecular formula is C17H13F3N6O2. The monoisotopic (exact) mass is 390 g/mol. The topological polar surface area (TPSA) is 110 Å². The van der Waals surface area contributed by atoms with Crippen molar-refractivity contribution in [3.05, 3.63) is 41.6 Å². The maximum absolute atomic E-state index is 14.6. The van der Waals surface area contributed by atoms with Crippen LogP contribution in [0.1, 0.15) is 16.1 Å². The Morgan fingerprint density at radius 2 is 2.11 bits per heavy atom. The van der Waals surface area contributed by atoms with Gasteiger partial charge in [0.05, 0.1) is 23.5 Å². The van der Waals surface area contributed by atoms with E-state index in [9.17, 15) is 18.0 Å². The van der Waals surface area contributed by atoms with Gasteiger partial charge in [0, 0.05) is 26.2 Å². The average molecular weight is 390 g/mol. The first-order chi connectivity index (χ1) is 13.2. The van der Waals surface area contributed by atoms with Crippen molar-refractivity contribution < 1.29 is 22.7 Å². The molecule has 8 nitrogen and oxygen atoms in total. The number of fused-ring (bicyclic) bond motifs is 1. The second-order valence-electron chi connectivity index (χ2n) is 5.77. The fraction of sp³-hybridized carbons (Fsp3) is 0.176. The van der Waals surface area contributed by atoms with E-state index in [4.69, 9.17) is 11.0 Å². The third-order valence-corrected chi connectivity index (χ3v) is 3.99. The van der Waals surface area contributed by atoms with E-state index in [1.165, 1.54) is 19.4 Å². The molecule has 0 fully saturated rings. The fourth-order valence-electron chi connectivity index (χ4n) is 2.72. The number of nitriles is 1. The summed E-state index contributed by atoms with van der Waals surface area (Å²) in [7, 11) is 3.01. The summed E-state index contributed by atoms with van der Waals surface area (Å²) in [6, 6.07) is 5.01. The molecule has 0 radical (unpaired) electrons. The molecule has 0 bridgehead atoms. The number of anilines is 2. The number of benzene rings is 1. The van der Waals surface area contributed by atoms with Gasteiger partial charge in [-0.1, -0.05) is 0 Å². The van der Waals surface area contributed by atoms with E-state index in [0.29, 0.717) is 5.52 Å². The summed E-state index contributed by atoms with van der Waals surface area (Å²) in [5.74, 6) is -2.36. The predicted octanol–water partition coefficient (Wildman–Crippen LogP) is 2.45. The number of amides is 1. The van der Waals surface area contributed by atoms with Crippen LogP contribution >= 0.6 is 0 Å². The molecule has 1 amide bonds. The summed E-state index contributed by atoms with van der Waals surface area (Å²) < 4.78 is 46.2. The minimum absolute atomic E-state index is 0.0348. The molecule has 3 rings (SSSR count). The first kappa shape index (κ1) is 19.0. The van der Waals surface area contributed by atoms with Gasteiger partial charge < -0.3 is 19.9 Å². The van der Waals surface area contributed by atoms with Crippen LogP contribution in [0.3, 0.4) is 0 Å². The second-order valence-corrected chi connectivity index (χ2v) is 5.77. The van der Waals surface area contributed by atoms with Crippen LogP contribution in [-0.4, -0.2) is 34.1 Å². The Hall–Kier alpha value is -3.81. The van der Waals surface area contributed by atoms with Crippen LogP contribution in [0.5, 0.6) is 5.75 Å². The number of aromatic nitrogens is 3. The number of ether oxygens (including phenoxy) is 1. The highest BCUT2D eigenvalue weighted by Gasteiger charge is 2.23. The zero-order valence-corrected chi connectivity index (χ0v) is 14.7. The average Bonchev–Trinajstić information content (AvgIpc) is 3.00. The van der Waals surface area contributed by atoms with E-state index < -0.39 is 24.1 Å². The number of halogens is 3. The molecule has 0 atom stereocenters. The Bertz CT molecular complexity index is 1120. The largest absolute Gasteiger partial charge is 0.432 e. The Morgan fingerprint density at radius 1 is 1.39 bits per heavy atom. The molecule has 2 aromatic heterocycles. The number of primary amides is 1. The van der Waals surface area contributed by atoms with Crippen molar-refractivity contribution in [2.24, 2.45) is 12.8 Å². The molecule has 0 saturated carbocycles. The Morgan fingerprint density at radius 3 is 2.71 bits per heavy atom. The lowest BCUT2D eigenvalue weighted by Crippen LogP contribution is -2.19. The lowest BCUT2D eigenvalue weighted by Gasteiger charge is -2.23. The van der Waals surface area contributed by atoms with Crippen LogP contribution in [0.15, 0.2) is 24.5 Å². The first-order valence-corrected chi connectivity index (χ1v) is 7.77. The number of nitrogens with zero attached hydrogens (tertiary/aromatic N) is 5. The molecule has 2 heterocycles. The number of aryl methyl sites for hydroxylation is 1. The van der Waals surface area contributed by atoms with Gasteiger partial charge >= 0.3 is 6.61 Å². The van der Waals surface area contributed by atoms with E-state index >= 15 is 0 Å². The molecule has 0 saturated heterocycles. The maximum Gasteiger partial charge on any atom is 0.387 e. The number of hydrogen-bond donors (Lipinski definition) is 1. The van der Waals surface area contributed by atoms with Gasteiger partial charge in [0.15, 0.2) is 17.3 Å². The molecule has 0 spiro atoms. The summed E-state index contributed by atoms with van der Waals surface area (Å²) in [6.07, 6.45) is 1.44. The third-order valence-electron chi connectivity index (χ3n) is 3.99. The molecule has 11 heteroatoms. The van der Waals surface area contributed by atoms with E-state index in [1.54, 1.807) is 17.7 Å². The zero-order valence-electron chi connectivity index (χ0n) is 14.7. The smallest absolute Gasteiger partial charge is 0.387 e. The zero-order chi connectivity index (χ0) is 20.6. The second kappa shape index (κ2) is 7.07. The van der Waals surface area contributed by atoms with Crippen molar-refractivity contribution in [1.29, 1.82) is 5.26 Å². The molecule has 0 aliphatic carbocycles. The molecule has 1 aromatic carbocycles. The number of hydrogen-bond acceptors (Lipinski definition) is 6. The molecular weight excluding hydrogens is 377 g/mol. The highest BCUT2D eigenvalue weighted by atomic mass is 19.3. The van der Waals surface area contributed by atoms with E-state index in [1.807, 2.05) is 0 Å². The summed E-state index contributed by atoms with van der Waals surface area (Å²) in [6.45, 7) is -3.24. The maximum atomic E-state index is 14.6. The molecule has 144 valence electrons. The van der Waals surface area contributed by atoms with Gasteiger partial charge in [-0.3, -0.25) is 4.79 Å². The van der Waals surface area contributed by atoms with Crippen molar-refractivity contribution >= 4 is 28.4 Å². The van der Waals surface area contributed by atoms with Crippen molar-refractivity contribution in [2.45, 2.75) is 6.61 Å². The van der Waals surface area contributed by atoms with Crippen molar-refractivity contribution in [1.82, 2.24) is 14.5 Å². The van der Waals surface area contributed by atoms with Crippen LogP contribution in [0.2, 0.25) is 0 Å². The Balaban J connectivity index is 2.22. The number of carbonyl (C=O) groups is 1. The van der Waals surface area contributed by atoms with Crippen LogP contribution in [0.25, 0.3) is 11.0 Å². The van der Waals surface area contributed by atoms with E-state index in [-0.39, 0.29) is 28.3 Å². The summed E-state index contributed by atoms with van der Waals surface area (Å²) >= 11 is 0. The lowest BCUT2D eigenvalue weighted by molar-refractivity contribution is -0.0495. The summed E-state index contributed by atoms with van der Waals surface area (Å²) in [5, 5.41) is 8.94. The normalized spacial score (nSPS) is 10.9. The van der Waals surface area contributed by atoms with Gasteiger partial charge in [-0.15, -0.1) is 0 Å². The molecule has 28 heavy (non-hydrogen) atoms. The number of carbonyl (C=O) groups excluding carboxylic acids is 1. The number of rotatable bonds is 5. The Kier molecular flexibility index (Phi) is 4.79. The predicted molar refractivity (Wildman–Crippen MR) is 92.8 cm³/mol. The van der Waals surface area contributed by atoms with Gasteiger partial charge in [-0.2, -0.15) is 14.0 Å². The number of imidazole rings is 1. The van der Waals surface area contributed by atoms with Gasteiger partial charge in [-0.25, -0.2) is 14.4 Å². The standard InChI is InChI=1S/C17H13F3N6O2/c1-25-7-23-13-10(25)5-12(24-14(13)16(22)27)26(2)15-9(18)3-8(6-21)4-11(15)28-17(19)20/h3-5,7,17H,1-2H3,(H2,22,27). The Labute approximate surface area is 156 Å². The van der Waals surface area contributed by atoms with Crippen molar-refractivity contribution in [3.8, 4) is 11.8 Å². The fourth-order valence-corrected chi connectivity index (χ4v) is 2.72. The van der Waals surface area contributed by atoms with E-state index in [2.05, 4.69) is 14.7 Å². The summed E-state index contributed by atoms with van der Waals surface area (Å²) in [4.78, 5) is 21.0. The lowest BCUT2D eigenvalue weighted by atomic mass is 10.1. The SMILES string of the molecule is CN(c1cc2c(ncn2C)c(C(N)=O)n1)c1c(F)cc(C#N)cc1OC(F)F. The van der Waals surface area contributed by atoms with Gasteiger partial charge in [-0.05, 0) is 6.07 Å². The van der Waals surface area contributed by atoms with Crippen LogP contribution in [0.4, 0.5) is 24.7 Å². The summed E-state index contributed by atoms with van der Waals surface area (Å²) in [5.41, 5.74) is 5.33. The molecule has 0 aliphatic rings. The number of pyridine rings is 1. The minimum atomic E-state index is -3.24. The van der Waals surface area contributed by atoms with Crippen LogP contribution in [0, 0.1) is 17.1 Å². The quantitative estimate of drug-likeness (QED) is 0.717. The van der Waals surface area contributed by atoms with Gasteiger partial charge in [0.2, 0.25) is 0 Å². The minimum Gasteiger partial charge on any atom is -0.432 e. The molecule has 2 N–H and O–H groups in total. The highest BCUT2D eigenvalue weighted by molar-refractivity contribution is 6.03.